The van der Waals surface area contributed by atoms with E-state index in [2.05, 4.69) is 25.3 Å². The molecule has 10 heteroatoms. The number of aromatic nitrogens is 2. The van der Waals surface area contributed by atoms with E-state index in [0.29, 0.717) is 33.9 Å². The summed E-state index contributed by atoms with van der Waals surface area (Å²) in [6, 6.07) is 18.9. The van der Waals surface area contributed by atoms with E-state index < -0.39 is 10.0 Å². The van der Waals surface area contributed by atoms with Crippen molar-refractivity contribution in [2.24, 2.45) is 0 Å². The van der Waals surface area contributed by atoms with Gasteiger partial charge in [0.1, 0.15) is 11.5 Å². The molecule has 0 unspecified atom stereocenters. The summed E-state index contributed by atoms with van der Waals surface area (Å²) in [7, 11) is 0.881. The van der Waals surface area contributed by atoms with Gasteiger partial charge in [0.05, 0.1) is 30.1 Å². The largest absolute Gasteiger partial charge is 0.497 e. The Labute approximate surface area is 191 Å². The molecule has 0 saturated carbocycles. The van der Waals surface area contributed by atoms with Crippen LogP contribution in [0.25, 0.3) is 11.0 Å². The molecule has 4 aromatic rings. The van der Waals surface area contributed by atoms with Crippen LogP contribution in [0.4, 0.5) is 23.0 Å². The van der Waals surface area contributed by atoms with Crippen LogP contribution >= 0.6 is 0 Å². The second kappa shape index (κ2) is 9.21. The van der Waals surface area contributed by atoms with E-state index in [9.17, 15) is 8.42 Å². The number of fused-ring (bicyclic) bond motifs is 1. The molecule has 3 aromatic carbocycles. The molecule has 0 amide bonds. The Morgan fingerprint density at radius 1 is 0.758 bits per heavy atom. The summed E-state index contributed by atoms with van der Waals surface area (Å²) >= 11 is 0. The fourth-order valence-corrected chi connectivity index (χ4v) is 4.23. The number of methoxy groups -OCH3 is 2. The molecule has 1 heterocycles. The summed E-state index contributed by atoms with van der Waals surface area (Å²) in [5.74, 6) is 1.43. The molecule has 0 bridgehead atoms. The highest BCUT2D eigenvalue weighted by Gasteiger charge is 2.20. The molecule has 1 aromatic heterocycles. The van der Waals surface area contributed by atoms with Crippen LogP contribution in [-0.2, 0) is 10.0 Å². The monoisotopic (exact) mass is 465 g/mol. The third-order valence-electron chi connectivity index (χ3n) is 4.85. The number of sulfonamides is 1. The molecule has 0 fully saturated rings. The standard InChI is InChI=1S/C23H23N5O4S/c1-24-15-7-6-8-19(13-15)33(29,30)28-23-22(26-20-9-4-5-10-21(20)27-23)25-16-11-17(31-2)14-18(12-16)32-3/h4-14,24H,1-3H3,(H,25,26)(H,27,28). The van der Waals surface area contributed by atoms with Crippen molar-refractivity contribution in [2.75, 3.05) is 36.6 Å². The summed E-state index contributed by atoms with van der Waals surface area (Å²) in [6.45, 7) is 0. The molecule has 0 radical (unpaired) electrons. The van der Waals surface area contributed by atoms with Crippen LogP contribution < -0.4 is 24.8 Å². The zero-order chi connectivity index (χ0) is 23.4. The van der Waals surface area contributed by atoms with Crippen molar-refractivity contribution < 1.29 is 17.9 Å². The Balaban J connectivity index is 1.78. The van der Waals surface area contributed by atoms with Gasteiger partial charge in [0.2, 0.25) is 0 Å². The first-order valence-corrected chi connectivity index (χ1v) is 11.5. The molecule has 0 spiro atoms. The molecule has 33 heavy (non-hydrogen) atoms. The minimum absolute atomic E-state index is 0.0605. The van der Waals surface area contributed by atoms with Gasteiger partial charge in [-0.25, -0.2) is 18.4 Å². The van der Waals surface area contributed by atoms with E-state index in [1.807, 2.05) is 12.1 Å². The van der Waals surface area contributed by atoms with Crippen LogP contribution in [-0.4, -0.2) is 39.7 Å². The van der Waals surface area contributed by atoms with Gasteiger partial charge in [0, 0.05) is 36.6 Å². The third kappa shape index (κ3) is 4.90. The van der Waals surface area contributed by atoms with Crippen molar-refractivity contribution in [2.45, 2.75) is 4.90 Å². The lowest BCUT2D eigenvalue weighted by atomic mass is 10.2. The number of ether oxygens (including phenoxy) is 2. The van der Waals surface area contributed by atoms with Crippen molar-refractivity contribution in [1.82, 2.24) is 9.97 Å². The average molecular weight is 466 g/mol. The highest BCUT2D eigenvalue weighted by Crippen LogP contribution is 2.31. The number of anilines is 4. The Hall–Kier alpha value is -4.05. The van der Waals surface area contributed by atoms with Gasteiger partial charge < -0.3 is 20.1 Å². The van der Waals surface area contributed by atoms with E-state index in [0.717, 1.165) is 0 Å². The predicted octanol–water partition coefficient (Wildman–Crippen LogP) is 4.23. The Bertz CT molecular complexity index is 1390. The first kappa shape index (κ1) is 22.2. The quantitative estimate of drug-likeness (QED) is 0.354. The number of para-hydroxylation sites is 2. The molecule has 0 aliphatic carbocycles. The van der Waals surface area contributed by atoms with Gasteiger partial charge in [-0.2, -0.15) is 0 Å². The third-order valence-corrected chi connectivity index (χ3v) is 6.19. The molecular formula is C23H23N5O4S. The number of hydrogen-bond acceptors (Lipinski definition) is 8. The Kier molecular flexibility index (Phi) is 6.18. The Morgan fingerprint density at radius 3 is 2.00 bits per heavy atom. The molecule has 170 valence electrons. The summed E-state index contributed by atoms with van der Waals surface area (Å²) < 4.78 is 39.5. The van der Waals surface area contributed by atoms with Gasteiger partial charge >= 0.3 is 0 Å². The van der Waals surface area contributed by atoms with Crippen LogP contribution in [0.1, 0.15) is 0 Å². The number of nitrogens with one attached hydrogen (secondary N) is 3. The summed E-state index contributed by atoms with van der Waals surface area (Å²) in [5, 5.41) is 6.07. The zero-order valence-corrected chi connectivity index (χ0v) is 19.1. The number of benzene rings is 3. The highest BCUT2D eigenvalue weighted by molar-refractivity contribution is 7.92. The SMILES string of the molecule is CNc1cccc(S(=O)(=O)Nc2nc3ccccc3nc2Nc2cc(OC)cc(OC)c2)c1. The number of rotatable bonds is 8. The Morgan fingerprint density at radius 2 is 1.39 bits per heavy atom. The molecular weight excluding hydrogens is 442 g/mol. The molecule has 0 aliphatic rings. The minimum atomic E-state index is -3.94. The zero-order valence-electron chi connectivity index (χ0n) is 18.3. The minimum Gasteiger partial charge on any atom is -0.497 e. The fourth-order valence-electron chi connectivity index (χ4n) is 3.18. The maximum atomic E-state index is 13.1. The summed E-state index contributed by atoms with van der Waals surface area (Å²) in [6.07, 6.45) is 0. The number of nitrogens with zero attached hydrogens (tertiary/aromatic N) is 2. The van der Waals surface area contributed by atoms with Gasteiger partial charge in [-0.15, -0.1) is 0 Å². The second-order valence-electron chi connectivity index (χ2n) is 7.02. The predicted molar refractivity (Wildman–Crippen MR) is 129 cm³/mol. The molecule has 0 atom stereocenters. The summed E-state index contributed by atoms with van der Waals surface area (Å²) in [4.78, 5) is 9.21. The van der Waals surface area contributed by atoms with Crippen molar-refractivity contribution >= 4 is 44.1 Å². The molecule has 0 saturated heterocycles. The van der Waals surface area contributed by atoms with Gasteiger partial charge in [-0.3, -0.25) is 4.72 Å². The van der Waals surface area contributed by atoms with E-state index in [-0.39, 0.29) is 16.5 Å². The average Bonchev–Trinajstić information content (AvgIpc) is 2.84. The van der Waals surface area contributed by atoms with Crippen LogP contribution in [0.15, 0.2) is 71.6 Å². The van der Waals surface area contributed by atoms with Gasteiger partial charge in [-0.05, 0) is 30.3 Å². The summed E-state index contributed by atoms with van der Waals surface area (Å²) in [5.41, 5.74) is 2.42. The van der Waals surface area contributed by atoms with Crippen LogP contribution in [0.3, 0.4) is 0 Å². The lowest BCUT2D eigenvalue weighted by Crippen LogP contribution is -2.16. The normalized spacial score (nSPS) is 11.1. The second-order valence-corrected chi connectivity index (χ2v) is 8.70. The van der Waals surface area contributed by atoms with E-state index in [1.54, 1.807) is 63.7 Å². The maximum Gasteiger partial charge on any atom is 0.263 e. The molecule has 3 N–H and O–H groups in total. The highest BCUT2D eigenvalue weighted by atomic mass is 32.2. The fraction of sp³-hybridized carbons (Fsp3) is 0.130. The lowest BCUT2D eigenvalue weighted by molar-refractivity contribution is 0.395. The van der Waals surface area contributed by atoms with Crippen LogP contribution in [0.2, 0.25) is 0 Å². The molecule has 0 aliphatic heterocycles. The van der Waals surface area contributed by atoms with Gasteiger partial charge in [-0.1, -0.05) is 18.2 Å². The van der Waals surface area contributed by atoms with Crippen LogP contribution in [0, 0.1) is 0 Å². The topological polar surface area (TPSA) is 114 Å². The first-order valence-electron chi connectivity index (χ1n) is 9.99. The lowest BCUT2D eigenvalue weighted by Gasteiger charge is -2.15. The van der Waals surface area contributed by atoms with Gasteiger partial charge in [0.15, 0.2) is 11.6 Å². The van der Waals surface area contributed by atoms with Crippen molar-refractivity contribution in [3.8, 4) is 11.5 Å². The van der Waals surface area contributed by atoms with E-state index in [4.69, 9.17) is 9.47 Å². The first-order chi connectivity index (χ1) is 15.9. The molecule has 4 rings (SSSR count). The molecule has 9 nitrogen and oxygen atoms in total. The van der Waals surface area contributed by atoms with Crippen molar-refractivity contribution in [1.29, 1.82) is 0 Å². The maximum absolute atomic E-state index is 13.1. The van der Waals surface area contributed by atoms with Crippen LogP contribution in [0.5, 0.6) is 11.5 Å². The number of hydrogen-bond donors (Lipinski definition) is 3. The van der Waals surface area contributed by atoms with Crippen molar-refractivity contribution in [3.63, 3.8) is 0 Å². The van der Waals surface area contributed by atoms with Crippen molar-refractivity contribution in [3.05, 3.63) is 66.7 Å². The van der Waals surface area contributed by atoms with E-state index in [1.165, 1.54) is 12.1 Å². The smallest absolute Gasteiger partial charge is 0.263 e. The van der Waals surface area contributed by atoms with E-state index >= 15 is 0 Å². The van der Waals surface area contributed by atoms with Gasteiger partial charge in [0.25, 0.3) is 10.0 Å².